The van der Waals surface area contributed by atoms with E-state index in [1.807, 2.05) is 24.3 Å². The normalized spacial score (nSPS) is 10.5. The molecule has 194 valence electrons. The first-order chi connectivity index (χ1) is 18.4. The zero-order valence-electron chi connectivity index (χ0n) is 21.3. The largest absolute Gasteiger partial charge is 0.465 e. The fourth-order valence-corrected chi connectivity index (χ4v) is 3.82. The Morgan fingerprint density at radius 2 is 1.45 bits per heavy atom. The van der Waals surface area contributed by atoms with Gasteiger partial charge in [0.1, 0.15) is 17.3 Å². The summed E-state index contributed by atoms with van der Waals surface area (Å²) in [6.45, 7) is 2.14. The average molecular weight is 513 g/mol. The van der Waals surface area contributed by atoms with Crippen molar-refractivity contribution in [2.24, 2.45) is 0 Å². The maximum atomic E-state index is 13.1. The number of anilines is 3. The van der Waals surface area contributed by atoms with E-state index in [0.29, 0.717) is 22.7 Å². The second-order valence-corrected chi connectivity index (χ2v) is 8.71. The van der Waals surface area contributed by atoms with E-state index in [4.69, 9.17) is 9.47 Å². The molecule has 38 heavy (non-hydrogen) atoms. The van der Waals surface area contributed by atoms with Gasteiger partial charge in [-0.05, 0) is 97.3 Å². The number of methoxy groups -OCH3 is 1. The molecule has 0 aliphatic heterocycles. The number of amides is 1. The van der Waals surface area contributed by atoms with Gasteiger partial charge in [0.25, 0.3) is 5.91 Å². The average Bonchev–Trinajstić information content (AvgIpc) is 2.94. The lowest BCUT2D eigenvalue weighted by molar-refractivity contribution is 0.0601. The van der Waals surface area contributed by atoms with Crippen LogP contribution >= 0.6 is 0 Å². The Hall–Kier alpha value is -4.65. The second kappa shape index (κ2) is 12.5. The van der Waals surface area contributed by atoms with Crippen molar-refractivity contribution in [3.63, 3.8) is 0 Å². The van der Waals surface area contributed by atoms with E-state index in [1.165, 1.54) is 30.9 Å². The summed E-state index contributed by atoms with van der Waals surface area (Å²) < 4.78 is 24.0. The Labute approximate surface area is 221 Å². The number of carbonyl (C=O) groups excluding carboxylic acids is 2. The molecule has 4 rings (SSSR count). The van der Waals surface area contributed by atoms with Crippen LogP contribution in [0.4, 0.5) is 21.5 Å². The van der Waals surface area contributed by atoms with Crippen molar-refractivity contribution >= 4 is 28.9 Å². The summed E-state index contributed by atoms with van der Waals surface area (Å²) in [6.07, 6.45) is 3.18. The smallest absolute Gasteiger partial charge is 0.340 e. The van der Waals surface area contributed by atoms with Gasteiger partial charge in [0.15, 0.2) is 0 Å². The molecule has 6 nitrogen and oxygen atoms in total. The van der Waals surface area contributed by atoms with Gasteiger partial charge in [0.05, 0.1) is 18.4 Å². The van der Waals surface area contributed by atoms with Gasteiger partial charge in [-0.2, -0.15) is 0 Å². The summed E-state index contributed by atoms with van der Waals surface area (Å²) in [5.41, 5.74) is 3.73. The van der Waals surface area contributed by atoms with Gasteiger partial charge in [0.2, 0.25) is 0 Å². The van der Waals surface area contributed by atoms with Gasteiger partial charge in [0, 0.05) is 16.9 Å². The van der Waals surface area contributed by atoms with Crippen LogP contribution in [0.5, 0.6) is 11.5 Å². The number of esters is 1. The van der Waals surface area contributed by atoms with Crippen molar-refractivity contribution in [1.29, 1.82) is 0 Å². The molecule has 0 bridgehead atoms. The standard InChI is InChI=1S/C31H29FN2O4/c1-3-4-5-21-6-8-22(9-7-21)30(35)34-29-19-18-27(20-28(29)31(36)37-2)38-26-16-14-25(15-17-26)33-24-12-10-23(32)11-13-24/h6-20,33H,3-5H2,1-2H3,(H,34,35). The van der Waals surface area contributed by atoms with Crippen molar-refractivity contribution in [2.75, 3.05) is 17.7 Å². The molecule has 0 heterocycles. The van der Waals surface area contributed by atoms with Crippen LogP contribution in [0.2, 0.25) is 0 Å². The molecular weight excluding hydrogens is 483 g/mol. The van der Waals surface area contributed by atoms with Gasteiger partial charge >= 0.3 is 5.97 Å². The summed E-state index contributed by atoms with van der Waals surface area (Å²) in [5, 5.41) is 5.98. The van der Waals surface area contributed by atoms with E-state index in [0.717, 1.165) is 30.6 Å². The third kappa shape index (κ3) is 6.97. The summed E-state index contributed by atoms with van der Waals surface area (Å²) in [4.78, 5) is 25.3. The van der Waals surface area contributed by atoms with Gasteiger partial charge in [-0.25, -0.2) is 9.18 Å². The number of unbranched alkanes of at least 4 members (excludes halogenated alkanes) is 1. The molecule has 0 saturated carbocycles. The first kappa shape index (κ1) is 26.4. The first-order valence-electron chi connectivity index (χ1n) is 12.4. The molecule has 4 aromatic rings. The van der Waals surface area contributed by atoms with E-state index in [1.54, 1.807) is 48.5 Å². The molecule has 0 atom stereocenters. The maximum absolute atomic E-state index is 13.1. The Morgan fingerprint density at radius 3 is 2.08 bits per heavy atom. The van der Waals surface area contributed by atoms with Crippen molar-refractivity contribution < 1.29 is 23.5 Å². The summed E-state index contributed by atoms with van der Waals surface area (Å²) in [6, 6.07) is 25.5. The molecule has 0 saturated heterocycles. The van der Waals surface area contributed by atoms with Crippen molar-refractivity contribution in [2.45, 2.75) is 26.2 Å². The molecule has 0 fully saturated rings. The molecule has 4 aromatic carbocycles. The van der Waals surface area contributed by atoms with Crippen LogP contribution in [0, 0.1) is 5.82 Å². The Morgan fingerprint density at radius 1 is 0.816 bits per heavy atom. The Kier molecular flexibility index (Phi) is 8.72. The lowest BCUT2D eigenvalue weighted by atomic mass is 10.1. The van der Waals surface area contributed by atoms with Crippen LogP contribution in [0.15, 0.2) is 91.0 Å². The van der Waals surface area contributed by atoms with E-state index >= 15 is 0 Å². The Balaban J connectivity index is 1.45. The number of halogens is 1. The molecular formula is C31H29FN2O4. The zero-order chi connectivity index (χ0) is 26.9. The van der Waals surface area contributed by atoms with Crippen LogP contribution in [-0.4, -0.2) is 19.0 Å². The van der Waals surface area contributed by atoms with Gasteiger partial charge in [-0.1, -0.05) is 25.5 Å². The third-order valence-electron chi connectivity index (χ3n) is 5.90. The van der Waals surface area contributed by atoms with Gasteiger partial charge in [-0.15, -0.1) is 0 Å². The Bertz CT molecular complexity index is 1390. The summed E-state index contributed by atoms with van der Waals surface area (Å²) in [5.74, 6) is -0.268. The number of carbonyl (C=O) groups is 2. The lowest BCUT2D eigenvalue weighted by Gasteiger charge is -2.13. The second-order valence-electron chi connectivity index (χ2n) is 8.71. The highest BCUT2D eigenvalue weighted by molar-refractivity contribution is 6.08. The molecule has 0 spiro atoms. The third-order valence-corrected chi connectivity index (χ3v) is 5.90. The fourth-order valence-electron chi connectivity index (χ4n) is 3.82. The fraction of sp³-hybridized carbons (Fsp3) is 0.161. The number of aryl methyl sites for hydroxylation is 1. The van der Waals surface area contributed by atoms with E-state index < -0.39 is 5.97 Å². The van der Waals surface area contributed by atoms with Gasteiger partial charge < -0.3 is 20.1 Å². The number of rotatable bonds is 10. The number of nitrogens with one attached hydrogen (secondary N) is 2. The molecule has 1 amide bonds. The number of hydrogen-bond donors (Lipinski definition) is 2. The van der Waals surface area contributed by atoms with Crippen LogP contribution in [0.3, 0.4) is 0 Å². The van der Waals surface area contributed by atoms with Crippen molar-refractivity contribution in [3.05, 3.63) is 114 Å². The maximum Gasteiger partial charge on any atom is 0.340 e. The molecule has 7 heteroatoms. The van der Waals surface area contributed by atoms with Crippen LogP contribution in [0.25, 0.3) is 0 Å². The minimum absolute atomic E-state index is 0.174. The molecule has 0 aliphatic carbocycles. The van der Waals surface area contributed by atoms with Crippen LogP contribution < -0.4 is 15.4 Å². The molecule has 0 unspecified atom stereocenters. The van der Waals surface area contributed by atoms with Crippen LogP contribution in [0.1, 0.15) is 46.0 Å². The minimum Gasteiger partial charge on any atom is -0.465 e. The number of hydrogen-bond acceptors (Lipinski definition) is 5. The molecule has 2 N–H and O–H groups in total. The van der Waals surface area contributed by atoms with E-state index in [9.17, 15) is 14.0 Å². The topological polar surface area (TPSA) is 76.7 Å². The highest BCUT2D eigenvalue weighted by atomic mass is 19.1. The monoisotopic (exact) mass is 512 g/mol. The highest BCUT2D eigenvalue weighted by Crippen LogP contribution is 2.29. The van der Waals surface area contributed by atoms with Crippen LogP contribution in [-0.2, 0) is 11.2 Å². The van der Waals surface area contributed by atoms with Gasteiger partial charge in [-0.3, -0.25) is 4.79 Å². The van der Waals surface area contributed by atoms with Crippen molar-refractivity contribution in [1.82, 2.24) is 0 Å². The number of ether oxygens (including phenoxy) is 2. The minimum atomic E-state index is -0.598. The molecule has 0 aromatic heterocycles. The predicted molar refractivity (Wildman–Crippen MR) is 147 cm³/mol. The number of benzene rings is 4. The molecule has 0 aliphatic rings. The van der Waals surface area contributed by atoms with E-state index in [-0.39, 0.29) is 17.3 Å². The SMILES string of the molecule is CCCCc1ccc(C(=O)Nc2ccc(Oc3ccc(Nc4ccc(F)cc4)cc3)cc2C(=O)OC)cc1. The summed E-state index contributed by atoms with van der Waals surface area (Å²) >= 11 is 0. The predicted octanol–water partition coefficient (Wildman–Crippen LogP) is 7.74. The lowest BCUT2D eigenvalue weighted by Crippen LogP contribution is -2.15. The quantitative estimate of drug-likeness (QED) is 0.213. The highest BCUT2D eigenvalue weighted by Gasteiger charge is 2.17. The molecule has 0 radical (unpaired) electrons. The zero-order valence-corrected chi connectivity index (χ0v) is 21.3. The van der Waals surface area contributed by atoms with E-state index in [2.05, 4.69) is 17.6 Å². The van der Waals surface area contributed by atoms with Crippen molar-refractivity contribution in [3.8, 4) is 11.5 Å². The summed E-state index contributed by atoms with van der Waals surface area (Å²) in [7, 11) is 1.28. The first-order valence-corrected chi connectivity index (χ1v) is 12.4.